The molecule has 1 aromatic carbocycles. The molecule has 1 unspecified atom stereocenters. The fourth-order valence-corrected chi connectivity index (χ4v) is 4.76. The third kappa shape index (κ3) is 3.82. The average molecular weight is 399 g/mol. The van der Waals surface area contributed by atoms with Gasteiger partial charge in [-0.2, -0.15) is 5.10 Å². The summed E-state index contributed by atoms with van der Waals surface area (Å²) in [4.78, 5) is 19.9. The molecule has 7 heteroatoms. The molecule has 0 saturated carbocycles. The summed E-state index contributed by atoms with van der Waals surface area (Å²) in [6.07, 6.45) is 3.02. The van der Waals surface area contributed by atoms with Crippen molar-refractivity contribution < 1.29 is 9.53 Å². The van der Waals surface area contributed by atoms with Crippen molar-refractivity contribution in [2.75, 3.05) is 18.1 Å². The Morgan fingerprint density at radius 3 is 2.93 bits per heavy atom. The van der Waals surface area contributed by atoms with Gasteiger partial charge in [-0.15, -0.1) is 0 Å². The minimum absolute atomic E-state index is 0.00111. The van der Waals surface area contributed by atoms with Gasteiger partial charge in [-0.05, 0) is 50.8 Å². The first-order chi connectivity index (χ1) is 13.5. The van der Waals surface area contributed by atoms with E-state index in [-0.39, 0.29) is 18.6 Å². The van der Waals surface area contributed by atoms with Gasteiger partial charge in [0.25, 0.3) is 5.91 Å². The van der Waals surface area contributed by atoms with Crippen LogP contribution in [0.25, 0.3) is 10.2 Å². The number of hydrogen-bond acceptors (Lipinski definition) is 5. The van der Waals surface area contributed by atoms with E-state index in [9.17, 15) is 4.79 Å². The van der Waals surface area contributed by atoms with Crippen LogP contribution in [0.3, 0.4) is 0 Å². The Morgan fingerprint density at radius 2 is 2.25 bits per heavy atom. The van der Waals surface area contributed by atoms with Gasteiger partial charge in [-0.25, -0.2) is 4.98 Å². The Balaban J connectivity index is 1.66. The van der Waals surface area contributed by atoms with Gasteiger partial charge in [-0.3, -0.25) is 14.4 Å². The van der Waals surface area contributed by atoms with E-state index in [1.807, 2.05) is 19.9 Å². The van der Waals surface area contributed by atoms with Crippen molar-refractivity contribution in [1.82, 2.24) is 14.8 Å². The molecule has 4 rings (SSSR count). The van der Waals surface area contributed by atoms with Crippen LogP contribution in [0.4, 0.5) is 5.13 Å². The van der Waals surface area contributed by atoms with Gasteiger partial charge in [0.2, 0.25) is 0 Å². The van der Waals surface area contributed by atoms with Crippen molar-refractivity contribution in [3.63, 3.8) is 0 Å². The van der Waals surface area contributed by atoms with Gasteiger partial charge >= 0.3 is 0 Å². The van der Waals surface area contributed by atoms with E-state index < -0.39 is 0 Å². The highest BCUT2D eigenvalue weighted by molar-refractivity contribution is 7.22. The summed E-state index contributed by atoms with van der Waals surface area (Å²) in [5.74, 6) is -0.00111. The molecule has 1 aliphatic heterocycles. The number of thiazole rings is 1. The topological polar surface area (TPSA) is 60.2 Å². The zero-order chi connectivity index (χ0) is 19.7. The Kier molecular flexibility index (Phi) is 5.46. The van der Waals surface area contributed by atoms with E-state index in [1.165, 1.54) is 5.56 Å². The second-order valence-electron chi connectivity index (χ2n) is 7.34. The monoisotopic (exact) mass is 398 g/mol. The van der Waals surface area contributed by atoms with Gasteiger partial charge < -0.3 is 4.74 Å². The van der Waals surface area contributed by atoms with E-state index in [0.29, 0.717) is 6.54 Å². The summed E-state index contributed by atoms with van der Waals surface area (Å²) in [5, 5.41) is 5.20. The van der Waals surface area contributed by atoms with E-state index in [0.717, 1.165) is 52.6 Å². The first-order valence-electron chi connectivity index (χ1n) is 9.86. The molecule has 1 fully saturated rings. The Labute approximate surface area is 169 Å². The molecule has 1 saturated heterocycles. The lowest BCUT2D eigenvalue weighted by molar-refractivity contribution is -0.119. The SMILES string of the molecule is CCc1cccc2sc(N(CC3CCCO3)C(=O)Cn3nc(C)cc3C)nc12. The number of nitrogens with zero attached hydrogens (tertiary/aromatic N) is 4. The summed E-state index contributed by atoms with van der Waals surface area (Å²) in [6.45, 7) is 7.57. The molecule has 0 spiro atoms. The lowest BCUT2D eigenvalue weighted by Gasteiger charge is -2.23. The average Bonchev–Trinajstić information content (AvgIpc) is 3.39. The molecular formula is C21H26N4O2S. The number of para-hydroxylation sites is 1. The number of carbonyl (C=O) groups excluding carboxylic acids is 1. The second-order valence-corrected chi connectivity index (χ2v) is 8.35. The number of aryl methyl sites for hydroxylation is 3. The van der Waals surface area contributed by atoms with Crippen molar-refractivity contribution in [1.29, 1.82) is 0 Å². The van der Waals surface area contributed by atoms with Crippen molar-refractivity contribution >= 4 is 32.6 Å². The van der Waals surface area contributed by atoms with Crippen LogP contribution in [0, 0.1) is 13.8 Å². The van der Waals surface area contributed by atoms with Gasteiger partial charge in [0.15, 0.2) is 5.13 Å². The molecule has 1 atom stereocenters. The lowest BCUT2D eigenvalue weighted by atomic mass is 10.1. The first-order valence-corrected chi connectivity index (χ1v) is 10.7. The van der Waals surface area contributed by atoms with Crippen molar-refractivity contribution in [3.8, 4) is 0 Å². The van der Waals surface area contributed by atoms with Crippen LogP contribution >= 0.6 is 11.3 Å². The van der Waals surface area contributed by atoms with Crippen LogP contribution in [-0.4, -0.2) is 39.9 Å². The molecule has 0 bridgehead atoms. The number of aromatic nitrogens is 3. The number of rotatable bonds is 6. The number of benzene rings is 1. The van der Waals surface area contributed by atoms with Crippen LogP contribution in [0.2, 0.25) is 0 Å². The highest BCUT2D eigenvalue weighted by Crippen LogP contribution is 2.32. The summed E-state index contributed by atoms with van der Waals surface area (Å²) >= 11 is 1.58. The largest absolute Gasteiger partial charge is 0.376 e. The maximum Gasteiger partial charge on any atom is 0.250 e. The first kappa shape index (κ1) is 19.1. The Bertz CT molecular complexity index is 988. The van der Waals surface area contributed by atoms with Crippen molar-refractivity contribution in [2.24, 2.45) is 0 Å². The highest BCUT2D eigenvalue weighted by Gasteiger charge is 2.27. The fraction of sp³-hybridized carbons (Fsp3) is 0.476. The summed E-state index contributed by atoms with van der Waals surface area (Å²) < 4.78 is 8.70. The molecule has 1 aliphatic rings. The second kappa shape index (κ2) is 8.01. The number of ether oxygens (including phenoxy) is 1. The zero-order valence-corrected chi connectivity index (χ0v) is 17.5. The quantitative estimate of drug-likeness (QED) is 0.632. The molecule has 148 valence electrons. The molecular weight excluding hydrogens is 372 g/mol. The molecule has 28 heavy (non-hydrogen) atoms. The minimum Gasteiger partial charge on any atom is -0.376 e. The zero-order valence-electron chi connectivity index (χ0n) is 16.6. The maximum atomic E-state index is 13.3. The predicted octanol–water partition coefficient (Wildman–Crippen LogP) is 3.88. The van der Waals surface area contributed by atoms with Crippen molar-refractivity contribution in [3.05, 3.63) is 41.2 Å². The highest BCUT2D eigenvalue weighted by atomic mass is 32.1. The number of carbonyl (C=O) groups is 1. The summed E-state index contributed by atoms with van der Waals surface area (Å²) in [7, 11) is 0. The molecule has 1 amide bonds. The third-order valence-electron chi connectivity index (χ3n) is 5.20. The van der Waals surface area contributed by atoms with Gasteiger partial charge in [0.1, 0.15) is 6.54 Å². The number of fused-ring (bicyclic) bond motifs is 1. The van der Waals surface area contributed by atoms with E-state index in [2.05, 4.69) is 30.2 Å². The molecule has 0 aliphatic carbocycles. The van der Waals surface area contributed by atoms with E-state index in [4.69, 9.17) is 9.72 Å². The maximum absolute atomic E-state index is 13.3. The molecule has 3 aromatic rings. The number of hydrogen-bond donors (Lipinski definition) is 0. The summed E-state index contributed by atoms with van der Waals surface area (Å²) in [5.41, 5.74) is 4.12. The molecule has 0 N–H and O–H groups in total. The van der Waals surface area contributed by atoms with Crippen LogP contribution in [0.1, 0.15) is 36.7 Å². The van der Waals surface area contributed by atoms with Crippen LogP contribution in [0.5, 0.6) is 0 Å². The van der Waals surface area contributed by atoms with E-state index >= 15 is 0 Å². The Morgan fingerprint density at radius 1 is 1.39 bits per heavy atom. The normalized spacial score (nSPS) is 16.8. The predicted molar refractivity (Wildman–Crippen MR) is 112 cm³/mol. The Hall–Kier alpha value is -2.25. The molecule has 6 nitrogen and oxygen atoms in total. The van der Waals surface area contributed by atoms with Gasteiger partial charge in [0, 0.05) is 12.3 Å². The fourth-order valence-electron chi connectivity index (χ4n) is 3.72. The smallest absolute Gasteiger partial charge is 0.250 e. The third-order valence-corrected chi connectivity index (χ3v) is 6.25. The number of amides is 1. The van der Waals surface area contributed by atoms with Crippen LogP contribution < -0.4 is 4.90 Å². The van der Waals surface area contributed by atoms with Crippen molar-refractivity contribution in [2.45, 2.75) is 52.7 Å². The van der Waals surface area contributed by atoms with Crippen LogP contribution in [-0.2, 0) is 22.5 Å². The van der Waals surface area contributed by atoms with Gasteiger partial charge in [0.05, 0.1) is 28.6 Å². The minimum atomic E-state index is -0.00111. The van der Waals surface area contributed by atoms with E-state index in [1.54, 1.807) is 20.9 Å². The lowest BCUT2D eigenvalue weighted by Crippen LogP contribution is -2.39. The number of anilines is 1. The summed E-state index contributed by atoms with van der Waals surface area (Å²) in [6, 6.07) is 8.23. The molecule has 0 radical (unpaired) electrons. The van der Waals surface area contributed by atoms with Crippen LogP contribution in [0.15, 0.2) is 24.3 Å². The van der Waals surface area contributed by atoms with Gasteiger partial charge in [-0.1, -0.05) is 30.4 Å². The molecule has 2 aromatic heterocycles. The standard InChI is InChI=1S/C21H26N4O2S/c1-4-16-7-5-9-18-20(16)22-21(28-18)24(12-17-8-6-10-27-17)19(26)13-25-15(3)11-14(2)23-25/h5,7,9,11,17H,4,6,8,10,12-13H2,1-3H3. The molecule has 3 heterocycles.